The van der Waals surface area contributed by atoms with Crippen molar-refractivity contribution in [2.45, 2.75) is 25.7 Å². The van der Waals surface area contributed by atoms with Crippen molar-refractivity contribution in [3.05, 3.63) is 48.4 Å². The molecule has 1 aromatic heterocycles. The van der Waals surface area contributed by atoms with Gasteiger partial charge in [-0.1, -0.05) is 12.1 Å². The zero-order chi connectivity index (χ0) is 19.5. The van der Waals surface area contributed by atoms with Crippen molar-refractivity contribution in [3.8, 4) is 0 Å². The molecule has 1 aromatic carbocycles. The fourth-order valence-electron chi connectivity index (χ4n) is 3.90. The van der Waals surface area contributed by atoms with Crippen LogP contribution >= 0.6 is 0 Å². The molecule has 2 fully saturated rings. The van der Waals surface area contributed by atoms with Gasteiger partial charge in [-0.25, -0.2) is 0 Å². The first-order chi connectivity index (χ1) is 13.6. The molecule has 7 heteroatoms. The van der Waals surface area contributed by atoms with E-state index in [4.69, 9.17) is 4.42 Å². The van der Waals surface area contributed by atoms with Crippen molar-refractivity contribution in [3.63, 3.8) is 0 Å². The van der Waals surface area contributed by atoms with E-state index in [9.17, 15) is 14.4 Å². The minimum atomic E-state index is -0.285. The monoisotopic (exact) mass is 381 g/mol. The second kappa shape index (κ2) is 7.88. The number of amides is 3. The standard InChI is InChI=1S/C21H23N3O4/c25-19-8-4-11-24(19)18-7-2-1-6-17(18)22-20(26)15-5-3-10-23(13-15)21(27)16-9-12-28-14-16/h1-2,6-7,9,12,14-15H,3-5,8,10-11,13H2,(H,22,26). The lowest BCUT2D eigenvalue weighted by Gasteiger charge is -2.32. The second-order valence-electron chi connectivity index (χ2n) is 7.26. The van der Waals surface area contributed by atoms with E-state index in [1.54, 1.807) is 15.9 Å². The molecule has 1 atom stereocenters. The smallest absolute Gasteiger partial charge is 0.257 e. The first-order valence-corrected chi connectivity index (χ1v) is 9.65. The first-order valence-electron chi connectivity index (χ1n) is 9.65. The third kappa shape index (κ3) is 3.65. The van der Waals surface area contributed by atoms with Crippen molar-refractivity contribution in [1.29, 1.82) is 0 Å². The van der Waals surface area contributed by atoms with Gasteiger partial charge in [-0.3, -0.25) is 14.4 Å². The Hall–Kier alpha value is -3.09. The Bertz CT molecular complexity index is 878. The highest BCUT2D eigenvalue weighted by molar-refractivity contribution is 6.02. The molecule has 4 rings (SSSR count). The Kier molecular flexibility index (Phi) is 5.14. The van der Waals surface area contributed by atoms with Crippen LogP contribution in [0.2, 0.25) is 0 Å². The van der Waals surface area contributed by atoms with E-state index in [-0.39, 0.29) is 23.6 Å². The van der Waals surface area contributed by atoms with Crippen LogP contribution in [0, 0.1) is 5.92 Å². The summed E-state index contributed by atoms with van der Waals surface area (Å²) in [4.78, 5) is 41.0. The molecule has 2 saturated heterocycles. The Morgan fingerprint density at radius 2 is 1.96 bits per heavy atom. The van der Waals surface area contributed by atoms with Gasteiger partial charge in [-0.05, 0) is 37.5 Å². The number of rotatable bonds is 4. The molecule has 0 radical (unpaired) electrons. The Balaban J connectivity index is 1.45. The topological polar surface area (TPSA) is 82.9 Å². The maximum Gasteiger partial charge on any atom is 0.257 e. The van der Waals surface area contributed by atoms with Gasteiger partial charge in [0, 0.05) is 26.1 Å². The lowest BCUT2D eigenvalue weighted by atomic mass is 9.96. The number of carbonyl (C=O) groups excluding carboxylic acids is 3. The zero-order valence-electron chi connectivity index (χ0n) is 15.6. The van der Waals surface area contributed by atoms with E-state index in [2.05, 4.69) is 5.32 Å². The number of likely N-dealkylation sites (tertiary alicyclic amines) is 1. The molecule has 28 heavy (non-hydrogen) atoms. The van der Waals surface area contributed by atoms with Gasteiger partial charge < -0.3 is 19.5 Å². The molecule has 7 nitrogen and oxygen atoms in total. The van der Waals surface area contributed by atoms with Gasteiger partial charge in [0.05, 0.1) is 29.1 Å². The van der Waals surface area contributed by atoms with E-state index in [0.717, 1.165) is 24.9 Å². The third-order valence-corrected chi connectivity index (χ3v) is 5.37. The number of nitrogens with zero attached hydrogens (tertiary/aromatic N) is 2. The maximum absolute atomic E-state index is 12.9. The van der Waals surface area contributed by atoms with E-state index in [1.807, 2.05) is 24.3 Å². The molecule has 3 heterocycles. The highest BCUT2D eigenvalue weighted by Gasteiger charge is 2.30. The van der Waals surface area contributed by atoms with Gasteiger partial charge in [-0.15, -0.1) is 0 Å². The summed E-state index contributed by atoms with van der Waals surface area (Å²) in [6.45, 7) is 1.68. The first kappa shape index (κ1) is 18.3. The quantitative estimate of drug-likeness (QED) is 0.883. The third-order valence-electron chi connectivity index (χ3n) is 5.37. The molecule has 1 N–H and O–H groups in total. The number of para-hydroxylation sites is 2. The molecule has 3 amide bonds. The van der Waals surface area contributed by atoms with Gasteiger partial charge in [-0.2, -0.15) is 0 Å². The van der Waals surface area contributed by atoms with E-state index < -0.39 is 0 Å². The molecule has 0 aliphatic carbocycles. The van der Waals surface area contributed by atoms with Gasteiger partial charge >= 0.3 is 0 Å². The van der Waals surface area contributed by atoms with Crippen LogP contribution in [0.4, 0.5) is 11.4 Å². The van der Waals surface area contributed by atoms with E-state index >= 15 is 0 Å². The molecule has 0 saturated carbocycles. The largest absolute Gasteiger partial charge is 0.472 e. The van der Waals surface area contributed by atoms with Crippen LogP contribution in [0.1, 0.15) is 36.0 Å². The number of anilines is 2. The molecular weight excluding hydrogens is 358 g/mol. The molecule has 146 valence electrons. The summed E-state index contributed by atoms with van der Waals surface area (Å²) in [6.07, 6.45) is 5.76. The summed E-state index contributed by atoms with van der Waals surface area (Å²) in [5.41, 5.74) is 1.88. The summed E-state index contributed by atoms with van der Waals surface area (Å²) in [5.74, 6) is -0.443. The fraction of sp³-hybridized carbons (Fsp3) is 0.381. The molecule has 0 bridgehead atoms. The average Bonchev–Trinajstić information content (AvgIpc) is 3.40. The molecular formula is C21H23N3O4. The van der Waals surface area contributed by atoms with Crippen LogP contribution in [0.15, 0.2) is 47.3 Å². The predicted octanol–water partition coefficient (Wildman–Crippen LogP) is 2.90. The molecule has 0 spiro atoms. The number of carbonyl (C=O) groups is 3. The summed E-state index contributed by atoms with van der Waals surface area (Å²) in [6, 6.07) is 9.01. The lowest BCUT2D eigenvalue weighted by Crippen LogP contribution is -2.43. The van der Waals surface area contributed by atoms with Crippen LogP contribution in [0.5, 0.6) is 0 Å². The summed E-state index contributed by atoms with van der Waals surface area (Å²) in [7, 11) is 0. The average molecular weight is 381 g/mol. The minimum absolute atomic E-state index is 0.0799. The second-order valence-corrected chi connectivity index (χ2v) is 7.26. The number of hydrogen-bond acceptors (Lipinski definition) is 4. The zero-order valence-corrected chi connectivity index (χ0v) is 15.6. The number of piperidine rings is 1. The van der Waals surface area contributed by atoms with Crippen molar-refractivity contribution in [2.24, 2.45) is 5.92 Å². The number of benzene rings is 1. The van der Waals surface area contributed by atoms with Gasteiger partial charge in [0.25, 0.3) is 5.91 Å². The van der Waals surface area contributed by atoms with Crippen molar-refractivity contribution in [1.82, 2.24) is 4.90 Å². The fourth-order valence-corrected chi connectivity index (χ4v) is 3.90. The van der Waals surface area contributed by atoms with Crippen LogP contribution in [-0.4, -0.2) is 42.3 Å². The van der Waals surface area contributed by atoms with Gasteiger partial charge in [0.1, 0.15) is 6.26 Å². The highest BCUT2D eigenvalue weighted by Crippen LogP contribution is 2.30. The predicted molar refractivity (Wildman–Crippen MR) is 104 cm³/mol. The molecule has 2 aromatic rings. The SMILES string of the molecule is O=C(Nc1ccccc1N1CCCC1=O)C1CCCN(C(=O)c2ccoc2)C1. The normalized spacial score (nSPS) is 19.7. The summed E-state index contributed by atoms with van der Waals surface area (Å²) in [5, 5.41) is 2.98. The van der Waals surface area contributed by atoms with E-state index in [0.29, 0.717) is 37.3 Å². The van der Waals surface area contributed by atoms with Crippen molar-refractivity contribution >= 4 is 29.1 Å². The number of nitrogens with one attached hydrogen (secondary N) is 1. The molecule has 1 unspecified atom stereocenters. The Morgan fingerprint density at radius 1 is 1.11 bits per heavy atom. The number of hydrogen-bond donors (Lipinski definition) is 1. The Labute approximate surface area is 163 Å². The summed E-state index contributed by atoms with van der Waals surface area (Å²) >= 11 is 0. The highest BCUT2D eigenvalue weighted by atomic mass is 16.3. The van der Waals surface area contributed by atoms with E-state index in [1.165, 1.54) is 12.5 Å². The van der Waals surface area contributed by atoms with Gasteiger partial charge in [0.2, 0.25) is 11.8 Å². The van der Waals surface area contributed by atoms with Crippen LogP contribution in [0.25, 0.3) is 0 Å². The maximum atomic E-state index is 12.9. The molecule has 2 aliphatic rings. The van der Waals surface area contributed by atoms with Crippen molar-refractivity contribution in [2.75, 3.05) is 29.9 Å². The van der Waals surface area contributed by atoms with Gasteiger partial charge in [0.15, 0.2) is 0 Å². The van der Waals surface area contributed by atoms with Crippen LogP contribution < -0.4 is 10.2 Å². The number of furan rings is 1. The molecule has 2 aliphatic heterocycles. The summed E-state index contributed by atoms with van der Waals surface area (Å²) < 4.78 is 4.99. The van der Waals surface area contributed by atoms with Crippen LogP contribution in [0.3, 0.4) is 0 Å². The lowest BCUT2D eigenvalue weighted by molar-refractivity contribution is -0.121. The minimum Gasteiger partial charge on any atom is -0.472 e. The van der Waals surface area contributed by atoms with Crippen LogP contribution in [-0.2, 0) is 9.59 Å². The van der Waals surface area contributed by atoms with Crippen molar-refractivity contribution < 1.29 is 18.8 Å². The Morgan fingerprint density at radius 3 is 2.71 bits per heavy atom.